The summed E-state index contributed by atoms with van der Waals surface area (Å²) in [6, 6.07) is 2.66. The summed E-state index contributed by atoms with van der Waals surface area (Å²) in [6.45, 7) is 0.466. The van der Waals surface area contributed by atoms with Crippen molar-refractivity contribution in [1.29, 1.82) is 0 Å². The maximum absolute atomic E-state index is 13.1. The highest BCUT2D eigenvalue weighted by Gasteiger charge is 2.45. The molecule has 1 aromatic carbocycles. The molecule has 136 valence electrons. The highest BCUT2D eigenvalue weighted by molar-refractivity contribution is 14.1. The number of hydrogen-bond acceptors (Lipinski definition) is 6. The van der Waals surface area contributed by atoms with E-state index in [2.05, 4.69) is 4.74 Å². The molecule has 0 unspecified atom stereocenters. The number of carbonyl (C=O) groups is 1. The van der Waals surface area contributed by atoms with Gasteiger partial charge in [-0.3, -0.25) is 4.55 Å². The van der Waals surface area contributed by atoms with Crippen LogP contribution in [0.2, 0.25) is 0 Å². The molecule has 0 aliphatic carbocycles. The van der Waals surface area contributed by atoms with Crippen molar-refractivity contribution >= 4 is 61.3 Å². The third-order valence-electron chi connectivity index (χ3n) is 2.47. The first-order valence-electron chi connectivity index (χ1n) is 6.21. The van der Waals surface area contributed by atoms with Gasteiger partial charge in [-0.25, -0.2) is 4.79 Å². The van der Waals surface area contributed by atoms with E-state index in [1.807, 2.05) is 45.2 Å². The van der Waals surface area contributed by atoms with Crippen LogP contribution in [0.25, 0.3) is 0 Å². The molecule has 0 aliphatic rings. The van der Waals surface area contributed by atoms with Gasteiger partial charge in [0.15, 0.2) is 13.4 Å². The third kappa shape index (κ3) is 5.89. The molecule has 0 atom stereocenters. The number of alkyl halides is 2. The Bertz CT molecular complexity index is 686. The molecule has 1 aromatic rings. The minimum atomic E-state index is -5.66. The number of benzene rings is 1. The first-order chi connectivity index (χ1) is 11.0. The lowest BCUT2D eigenvalue weighted by molar-refractivity contribution is -0.00953. The average Bonchev–Trinajstić information content (AvgIpc) is 2.46. The van der Waals surface area contributed by atoms with E-state index in [9.17, 15) is 22.0 Å². The Morgan fingerprint density at radius 3 is 2.29 bits per heavy atom. The predicted octanol–water partition coefficient (Wildman–Crippen LogP) is 2.91. The van der Waals surface area contributed by atoms with Gasteiger partial charge in [-0.15, -0.1) is 0 Å². The Hall–Kier alpha value is -0.320. The van der Waals surface area contributed by atoms with Gasteiger partial charge < -0.3 is 14.2 Å². The van der Waals surface area contributed by atoms with Crippen LogP contribution in [0.15, 0.2) is 12.1 Å². The molecule has 0 bridgehead atoms. The summed E-state index contributed by atoms with van der Waals surface area (Å²) in [5.74, 6) is -0.713. The predicted molar refractivity (Wildman–Crippen MR) is 95.8 cm³/mol. The van der Waals surface area contributed by atoms with Crippen molar-refractivity contribution in [1.82, 2.24) is 0 Å². The van der Waals surface area contributed by atoms with Crippen molar-refractivity contribution in [2.75, 3.05) is 20.0 Å². The van der Waals surface area contributed by atoms with E-state index in [-0.39, 0.29) is 12.4 Å². The van der Waals surface area contributed by atoms with Crippen LogP contribution in [0.1, 0.15) is 17.3 Å². The minimum absolute atomic E-state index is 0.00682. The lowest BCUT2D eigenvalue weighted by Crippen LogP contribution is -2.34. The van der Waals surface area contributed by atoms with Crippen LogP contribution in [0.5, 0.6) is 5.75 Å². The Balaban J connectivity index is 2.86. The normalized spacial score (nSPS) is 12.1. The maximum Gasteiger partial charge on any atom is 0.402 e. The van der Waals surface area contributed by atoms with Crippen molar-refractivity contribution in [3.8, 4) is 5.75 Å². The summed E-state index contributed by atoms with van der Waals surface area (Å²) in [5, 5.41) is -4.58. The molecule has 0 heterocycles. The van der Waals surface area contributed by atoms with Gasteiger partial charge in [0, 0.05) is 6.61 Å². The molecule has 0 aromatic heterocycles. The molecule has 0 spiro atoms. The summed E-state index contributed by atoms with van der Waals surface area (Å²) in [4.78, 5) is 11.8. The molecule has 1 rings (SSSR count). The van der Waals surface area contributed by atoms with Crippen molar-refractivity contribution in [3.05, 3.63) is 24.8 Å². The second kappa shape index (κ2) is 8.86. The van der Waals surface area contributed by atoms with E-state index in [1.54, 1.807) is 6.92 Å². The van der Waals surface area contributed by atoms with Crippen LogP contribution in [0.4, 0.5) is 8.78 Å². The molecule has 0 fully saturated rings. The fraction of sp³-hybridized carbons (Fsp3) is 0.417. The molecular formula is C12H12F2I2O7S. The molecular weight excluding hydrogens is 580 g/mol. The summed E-state index contributed by atoms with van der Waals surface area (Å²) in [5.41, 5.74) is -0.0707. The quantitative estimate of drug-likeness (QED) is 0.163. The second-order valence-corrected chi connectivity index (χ2v) is 8.08. The number of halogens is 4. The highest BCUT2D eigenvalue weighted by atomic mass is 127. The molecule has 0 aliphatic heterocycles. The molecule has 0 saturated heterocycles. The number of hydrogen-bond donors (Lipinski definition) is 1. The third-order valence-corrected chi connectivity index (χ3v) is 4.95. The topological polar surface area (TPSA) is 99.1 Å². The Morgan fingerprint density at radius 2 is 1.83 bits per heavy atom. The van der Waals surface area contributed by atoms with Crippen molar-refractivity contribution in [2.45, 2.75) is 12.2 Å². The van der Waals surface area contributed by atoms with E-state index < -0.39 is 27.9 Å². The first kappa shape index (κ1) is 21.7. The number of rotatable bonds is 8. The standard InChI is InChI=1S/C12H12F2I2O7S/c1-2-21-6-23-10-8(15)3-7(4-9(10)16)11(17)22-5-12(13,14)24(18,19)20/h3-4H,2,5-6H2,1H3,(H,18,19,20). The molecule has 12 heteroatoms. The van der Waals surface area contributed by atoms with Crippen LogP contribution in [0, 0.1) is 7.14 Å². The van der Waals surface area contributed by atoms with Gasteiger partial charge in [-0.05, 0) is 64.2 Å². The fourth-order valence-corrected chi connectivity index (χ4v) is 3.59. The van der Waals surface area contributed by atoms with Gasteiger partial charge >= 0.3 is 21.3 Å². The number of ether oxygens (including phenoxy) is 3. The van der Waals surface area contributed by atoms with Gasteiger partial charge in [0.25, 0.3) is 0 Å². The molecule has 0 amide bonds. The first-order valence-corrected chi connectivity index (χ1v) is 9.81. The van der Waals surface area contributed by atoms with Crippen LogP contribution in [-0.2, 0) is 19.6 Å². The van der Waals surface area contributed by atoms with Gasteiger partial charge in [0.1, 0.15) is 5.75 Å². The monoisotopic (exact) mass is 592 g/mol. The summed E-state index contributed by atoms with van der Waals surface area (Å²) in [6.07, 6.45) is 0. The van der Waals surface area contributed by atoms with Crippen molar-refractivity contribution in [2.24, 2.45) is 0 Å². The van der Waals surface area contributed by atoms with E-state index in [0.29, 0.717) is 19.5 Å². The van der Waals surface area contributed by atoms with Crippen LogP contribution in [0.3, 0.4) is 0 Å². The number of carbonyl (C=O) groups excluding carboxylic acids is 1. The van der Waals surface area contributed by atoms with E-state index in [4.69, 9.17) is 14.0 Å². The highest BCUT2D eigenvalue weighted by Crippen LogP contribution is 2.29. The second-order valence-electron chi connectivity index (χ2n) is 4.21. The van der Waals surface area contributed by atoms with Gasteiger partial charge in [-0.2, -0.15) is 17.2 Å². The Labute approximate surface area is 164 Å². The average molecular weight is 592 g/mol. The molecule has 0 radical (unpaired) electrons. The van der Waals surface area contributed by atoms with Gasteiger partial charge in [0.05, 0.1) is 12.7 Å². The molecule has 0 saturated carbocycles. The maximum atomic E-state index is 13.1. The van der Waals surface area contributed by atoms with Crippen LogP contribution >= 0.6 is 45.2 Å². The Morgan fingerprint density at radius 1 is 1.29 bits per heavy atom. The lowest BCUT2D eigenvalue weighted by Gasteiger charge is -2.14. The van der Waals surface area contributed by atoms with E-state index in [0.717, 1.165) is 0 Å². The SMILES string of the molecule is CCOCOc1c(I)cc(C(=O)OCC(F)(F)S(=O)(=O)O)cc1I. The summed E-state index contributed by atoms with van der Waals surface area (Å²) in [7, 11) is -5.66. The zero-order valence-electron chi connectivity index (χ0n) is 12.1. The largest absolute Gasteiger partial charge is 0.465 e. The molecule has 1 N–H and O–H groups in total. The van der Waals surface area contributed by atoms with Crippen LogP contribution < -0.4 is 4.74 Å². The zero-order chi connectivity index (χ0) is 18.5. The van der Waals surface area contributed by atoms with Crippen molar-refractivity contribution < 1.29 is 40.8 Å². The van der Waals surface area contributed by atoms with E-state index >= 15 is 0 Å². The minimum Gasteiger partial charge on any atom is -0.465 e. The number of esters is 1. The molecule has 24 heavy (non-hydrogen) atoms. The van der Waals surface area contributed by atoms with Crippen molar-refractivity contribution in [3.63, 3.8) is 0 Å². The lowest BCUT2D eigenvalue weighted by atomic mass is 10.2. The summed E-state index contributed by atoms with van der Waals surface area (Å²) >= 11 is 3.75. The Kier molecular flexibility index (Phi) is 8.02. The van der Waals surface area contributed by atoms with Crippen LogP contribution in [-0.4, -0.2) is 44.2 Å². The summed E-state index contributed by atoms with van der Waals surface area (Å²) < 4.78 is 71.1. The van der Waals surface area contributed by atoms with Gasteiger partial charge in [0.2, 0.25) is 0 Å². The zero-order valence-corrected chi connectivity index (χ0v) is 17.2. The smallest absolute Gasteiger partial charge is 0.402 e. The van der Waals surface area contributed by atoms with Gasteiger partial charge in [-0.1, -0.05) is 0 Å². The molecule has 7 nitrogen and oxygen atoms in total. The van der Waals surface area contributed by atoms with E-state index in [1.165, 1.54) is 12.1 Å². The fourth-order valence-electron chi connectivity index (χ4n) is 1.31.